The van der Waals surface area contributed by atoms with E-state index in [1.165, 1.54) is 18.2 Å². The predicted molar refractivity (Wildman–Crippen MR) is 108 cm³/mol. The van der Waals surface area contributed by atoms with E-state index in [2.05, 4.69) is 14.5 Å². The molecule has 2 aromatic rings. The summed E-state index contributed by atoms with van der Waals surface area (Å²) in [4.78, 5) is 22.7. The average Bonchev–Trinajstić information content (AvgIpc) is 3.26. The fourth-order valence-corrected chi connectivity index (χ4v) is 4.94. The Morgan fingerprint density at radius 3 is 2.64 bits per heavy atom. The molecule has 0 atom stereocenters. The van der Waals surface area contributed by atoms with E-state index in [0.717, 1.165) is 43.5 Å². The zero-order chi connectivity index (χ0) is 20.3. The zero-order valence-electron chi connectivity index (χ0n) is 15.5. The van der Waals surface area contributed by atoms with Crippen molar-refractivity contribution in [2.24, 2.45) is 5.16 Å². The molecule has 1 heterocycles. The minimum Gasteiger partial charge on any atom is -0.392 e. The van der Waals surface area contributed by atoms with Crippen LogP contribution in [0.1, 0.15) is 42.1 Å². The molecule has 0 unspecified atom stereocenters. The van der Waals surface area contributed by atoms with Crippen molar-refractivity contribution in [3.8, 4) is 0 Å². The molecule has 1 aliphatic carbocycles. The first-order chi connectivity index (χ1) is 13.2. The highest BCUT2D eigenvalue weighted by atomic mass is 35.5. The summed E-state index contributed by atoms with van der Waals surface area (Å²) in [5.41, 5.74) is 0.503. The van der Waals surface area contributed by atoms with Gasteiger partial charge in [0.25, 0.3) is 0 Å². The first kappa shape index (κ1) is 20.9. The number of aromatic nitrogens is 2. The maximum absolute atomic E-state index is 12.9. The van der Waals surface area contributed by atoms with Crippen molar-refractivity contribution in [2.45, 2.75) is 50.0 Å². The second-order valence-electron chi connectivity index (χ2n) is 6.70. The molecule has 0 spiro atoms. The molecule has 28 heavy (non-hydrogen) atoms. The lowest BCUT2D eigenvalue weighted by atomic mass is 10.0. The number of rotatable bonds is 7. The van der Waals surface area contributed by atoms with E-state index < -0.39 is 9.84 Å². The van der Waals surface area contributed by atoms with E-state index in [-0.39, 0.29) is 33.9 Å². The third kappa shape index (κ3) is 5.15. The van der Waals surface area contributed by atoms with Gasteiger partial charge in [-0.3, -0.25) is 4.79 Å². The lowest BCUT2D eigenvalue weighted by Crippen LogP contribution is -2.20. The maximum atomic E-state index is 12.9. The van der Waals surface area contributed by atoms with Gasteiger partial charge in [0, 0.05) is 11.8 Å². The number of Topliss-reactive ketones (excluding diaryl/α,β-unsaturated/α-hetero) is 1. The van der Waals surface area contributed by atoms with Gasteiger partial charge in [0.1, 0.15) is 16.9 Å². The summed E-state index contributed by atoms with van der Waals surface area (Å²) in [5, 5.41) is 4.74. The molecule has 0 N–H and O–H groups in total. The molecule has 0 amide bonds. The fraction of sp³-hybridized carbons (Fsp3) is 0.444. The topological polar surface area (TPSA) is 98.6 Å². The number of nitrogens with zero attached hydrogens (tertiary/aromatic N) is 3. The van der Waals surface area contributed by atoms with E-state index in [0.29, 0.717) is 16.4 Å². The van der Waals surface area contributed by atoms with Gasteiger partial charge in [0.05, 0.1) is 16.3 Å². The van der Waals surface area contributed by atoms with Gasteiger partial charge in [0.2, 0.25) is 0 Å². The van der Waals surface area contributed by atoms with Crippen molar-refractivity contribution in [1.29, 1.82) is 0 Å². The molecule has 1 fully saturated rings. The summed E-state index contributed by atoms with van der Waals surface area (Å²) in [6.45, 7) is 1.76. The maximum Gasteiger partial charge on any atom is 0.192 e. The molecule has 1 saturated carbocycles. The molecule has 3 rings (SSSR count). The summed E-state index contributed by atoms with van der Waals surface area (Å²) in [6.07, 6.45) is 5.03. The molecule has 1 aliphatic rings. The molecule has 0 saturated heterocycles. The second-order valence-corrected chi connectivity index (χ2v) is 9.93. The molecular formula is C18H20ClN3O4S2. The number of sulfone groups is 1. The first-order valence-corrected chi connectivity index (χ1v) is 11.8. The smallest absolute Gasteiger partial charge is 0.192 e. The Balaban J connectivity index is 1.92. The third-order valence-corrected chi connectivity index (χ3v) is 6.73. The van der Waals surface area contributed by atoms with Gasteiger partial charge >= 0.3 is 0 Å². The monoisotopic (exact) mass is 441 g/mol. The van der Waals surface area contributed by atoms with Crippen LogP contribution < -0.4 is 0 Å². The normalized spacial score (nSPS) is 15.8. The molecule has 10 heteroatoms. The molecule has 0 bridgehead atoms. The van der Waals surface area contributed by atoms with Crippen LogP contribution in [0, 0.1) is 6.92 Å². The van der Waals surface area contributed by atoms with Gasteiger partial charge in [-0.05, 0) is 56.3 Å². The lowest BCUT2D eigenvalue weighted by Gasteiger charge is -2.11. The molecule has 0 aliphatic heterocycles. The van der Waals surface area contributed by atoms with Gasteiger partial charge < -0.3 is 4.84 Å². The fourth-order valence-electron chi connectivity index (χ4n) is 2.97. The van der Waals surface area contributed by atoms with E-state index in [1.807, 2.05) is 0 Å². The van der Waals surface area contributed by atoms with Crippen LogP contribution in [0.4, 0.5) is 0 Å². The number of benzene rings is 1. The number of hydrogen-bond donors (Lipinski definition) is 0. The van der Waals surface area contributed by atoms with Gasteiger partial charge in [-0.25, -0.2) is 13.4 Å². The van der Waals surface area contributed by atoms with Crippen molar-refractivity contribution in [3.63, 3.8) is 0 Å². The van der Waals surface area contributed by atoms with Crippen molar-refractivity contribution in [3.05, 3.63) is 39.6 Å². The summed E-state index contributed by atoms with van der Waals surface area (Å²) < 4.78 is 27.7. The lowest BCUT2D eigenvalue weighted by molar-refractivity contribution is -0.112. The summed E-state index contributed by atoms with van der Waals surface area (Å²) >= 11 is 7.31. The number of aryl methyl sites for hydroxylation is 1. The number of ketones is 1. The Kier molecular flexibility index (Phi) is 6.47. The number of hydrogen-bond acceptors (Lipinski definition) is 8. The highest BCUT2D eigenvalue weighted by molar-refractivity contribution is 7.90. The largest absolute Gasteiger partial charge is 0.392 e. The molecule has 150 valence electrons. The van der Waals surface area contributed by atoms with Crippen LogP contribution in [0.2, 0.25) is 5.02 Å². The summed E-state index contributed by atoms with van der Waals surface area (Å²) in [7, 11) is -3.47. The molecule has 1 aromatic heterocycles. The standard InChI is InChI=1S/C18H20ClN3O4S2/c1-11-20-17(27-22-11)10-15(23)18(21-26-13-5-3-4-6-13)12-7-8-16(14(19)9-12)28(2,24)25/h7-9,13H,3-6,10H2,1-2H3/b21-18-. The van der Waals surface area contributed by atoms with Gasteiger partial charge in [-0.2, -0.15) is 4.37 Å². The van der Waals surface area contributed by atoms with E-state index >= 15 is 0 Å². The van der Waals surface area contributed by atoms with E-state index in [4.69, 9.17) is 16.4 Å². The Morgan fingerprint density at radius 2 is 2.07 bits per heavy atom. The minimum absolute atomic E-state index is 0.00109. The van der Waals surface area contributed by atoms with Crippen molar-refractivity contribution in [1.82, 2.24) is 9.36 Å². The van der Waals surface area contributed by atoms with Crippen LogP contribution in [0.15, 0.2) is 28.3 Å². The third-order valence-electron chi connectivity index (χ3n) is 4.35. The van der Waals surface area contributed by atoms with Gasteiger partial charge in [-0.1, -0.05) is 22.8 Å². The Hall–Kier alpha value is -1.84. The van der Waals surface area contributed by atoms with E-state index in [1.54, 1.807) is 6.92 Å². The van der Waals surface area contributed by atoms with Gasteiger partial charge in [0.15, 0.2) is 21.3 Å². The summed E-state index contributed by atoms with van der Waals surface area (Å²) in [5.74, 6) is 0.311. The van der Waals surface area contributed by atoms with Crippen molar-refractivity contribution in [2.75, 3.05) is 6.26 Å². The van der Waals surface area contributed by atoms with Gasteiger partial charge in [-0.15, -0.1) is 0 Å². The van der Waals surface area contributed by atoms with Crippen LogP contribution in [0.25, 0.3) is 0 Å². The Labute approximate surface area is 172 Å². The van der Waals surface area contributed by atoms with Crippen LogP contribution in [-0.2, 0) is 25.9 Å². The number of carbonyl (C=O) groups is 1. The first-order valence-electron chi connectivity index (χ1n) is 8.80. The highest BCUT2D eigenvalue weighted by Gasteiger charge is 2.22. The predicted octanol–water partition coefficient (Wildman–Crippen LogP) is 3.38. The molecule has 0 radical (unpaired) electrons. The van der Waals surface area contributed by atoms with Crippen LogP contribution in [-0.4, -0.2) is 41.6 Å². The number of halogens is 1. The average molecular weight is 442 g/mol. The number of carbonyl (C=O) groups excluding carboxylic acids is 1. The molecule has 7 nitrogen and oxygen atoms in total. The minimum atomic E-state index is -3.47. The highest BCUT2D eigenvalue weighted by Crippen LogP contribution is 2.25. The van der Waals surface area contributed by atoms with E-state index in [9.17, 15) is 13.2 Å². The number of oxime groups is 1. The Bertz CT molecular complexity index is 1010. The SMILES string of the molecule is Cc1nsc(CC(=O)/C(=N\OC2CCCC2)c2ccc(S(C)(=O)=O)c(Cl)c2)n1. The molecular weight excluding hydrogens is 422 g/mol. The molecule has 1 aromatic carbocycles. The van der Waals surface area contributed by atoms with Crippen LogP contribution in [0.5, 0.6) is 0 Å². The van der Waals surface area contributed by atoms with Crippen molar-refractivity contribution >= 4 is 44.5 Å². The van der Waals surface area contributed by atoms with Crippen LogP contribution >= 0.6 is 23.1 Å². The zero-order valence-corrected chi connectivity index (χ0v) is 17.9. The van der Waals surface area contributed by atoms with Crippen LogP contribution in [0.3, 0.4) is 0 Å². The quantitative estimate of drug-likeness (QED) is 0.482. The second kappa shape index (κ2) is 8.67. The van der Waals surface area contributed by atoms with Crippen molar-refractivity contribution < 1.29 is 18.0 Å². The summed E-state index contributed by atoms with van der Waals surface area (Å²) in [6, 6.07) is 4.32. The Morgan fingerprint density at radius 1 is 1.36 bits per heavy atom.